The van der Waals surface area contributed by atoms with Crippen molar-refractivity contribution in [2.45, 2.75) is 18.6 Å². The minimum Gasteiger partial charge on any atom is -0.350 e. The standard InChI is InChI=1S/C19H15ClFN5O3/c20-13-8-12(6-7-14(13)21)26-18(28)16-17(19(26)29)25(24-23-16)10-15(27)22-9-11-4-2-1-3-5-11/h1-8,16-17H,9-10H2,(H,22,27)/t16-,17+/m0/s1. The van der Waals surface area contributed by atoms with E-state index < -0.39 is 29.7 Å². The monoisotopic (exact) mass is 415 g/mol. The number of nitrogens with zero attached hydrogens (tertiary/aromatic N) is 4. The molecule has 0 unspecified atom stereocenters. The van der Waals surface area contributed by atoms with E-state index in [-0.39, 0.29) is 23.2 Å². The quantitative estimate of drug-likeness (QED) is 0.756. The van der Waals surface area contributed by atoms with Crippen LogP contribution in [0.5, 0.6) is 0 Å². The SMILES string of the molecule is O=C(CN1N=N[C@@H]2C(=O)N(c3ccc(F)c(Cl)c3)C(=O)[C@@H]21)NCc1ccccc1. The summed E-state index contributed by atoms with van der Waals surface area (Å²) in [4.78, 5) is 38.6. The molecule has 1 N–H and O–H groups in total. The number of fused-ring (bicyclic) bond motifs is 1. The Hall–Kier alpha value is -3.33. The third-order valence-electron chi connectivity index (χ3n) is 4.66. The van der Waals surface area contributed by atoms with Crippen LogP contribution in [0.4, 0.5) is 10.1 Å². The van der Waals surface area contributed by atoms with Crippen LogP contribution < -0.4 is 10.2 Å². The highest BCUT2D eigenvalue weighted by atomic mass is 35.5. The molecule has 2 atom stereocenters. The topological polar surface area (TPSA) is 94.4 Å². The first-order chi connectivity index (χ1) is 14.0. The van der Waals surface area contributed by atoms with Crippen molar-refractivity contribution < 1.29 is 18.8 Å². The van der Waals surface area contributed by atoms with E-state index in [9.17, 15) is 18.8 Å². The van der Waals surface area contributed by atoms with E-state index in [1.54, 1.807) is 0 Å². The summed E-state index contributed by atoms with van der Waals surface area (Å²) in [5, 5.41) is 11.4. The summed E-state index contributed by atoms with van der Waals surface area (Å²) in [6.07, 6.45) is 0. The molecule has 1 saturated heterocycles. The largest absolute Gasteiger partial charge is 0.350 e. The van der Waals surface area contributed by atoms with E-state index in [0.29, 0.717) is 6.54 Å². The number of carbonyl (C=O) groups is 3. The van der Waals surface area contributed by atoms with E-state index in [1.165, 1.54) is 17.1 Å². The molecule has 0 bridgehead atoms. The molecule has 4 rings (SSSR count). The molecule has 0 aromatic heterocycles. The first-order valence-electron chi connectivity index (χ1n) is 8.76. The Bertz CT molecular complexity index is 1020. The molecular formula is C19H15ClFN5O3. The van der Waals surface area contributed by atoms with Crippen LogP contribution in [0, 0.1) is 5.82 Å². The molecule has 0 spiro atoms. The van der Waals surface area contributed by atoms with Gasteiger partial charge in [0.25, 0.3) is 11.8 Å². The average Bonchev–Trinajstić information content (AvgIpc) is 3.23. The third kappa shape index (κ3) is 3.56. The maximum absolute atomic E-state index is 13.4. The first kappa shape index (κ1) is 19.0. The number of anilines is 1. The molecule has 8 nitrogen and oxygen atoms in total. The molecular weight excluding hydrogens is 401 g/mol. The van der Waals surface area contributed by atoms with E-state index in [4.69, 9.17) is 11.6 Å². The van der Waals surface area contributed by atoms with Gasteiger partial charge in [-0.15, -0.1) is 0 Å². The van der Waals surface area contributed by atoms with Gasteiger partial charge in [-0.05, 0) is 23.8 Å². The fraction of sp³-hybridized carbons (Fsp3) is 0.211. The highest BCUT2D eigenvalue weighted by Gasteiger charge is 2.55. The number of halogens is 2. The van der Waals surface area contributed by atoms with Crippen molar-refractivity contribution in [1.29, 1.82) is 0 Å². The number of rotatable bonds is 5. The van der Waals surface area contributed by atoms with Gasteiger partial charge >= 0.3 is 0 Å². The van der Waals surface area contributed by atoms with Crippen LogP contribution >= 0.6 is 11.6 Å². The van der Waals surface area contributed by atoms with E-state index in [2.05, 4.69) is 15.7 Å². The minimum atomic E-state index is -1.05. The van der Waals surface area contributed by atoms with Gasteiger partial charge < -0.3 is 5.32 Å². The summed E-state index contributed by atoms with van der Waals surface area (Å²) in [5.41, 5.74) is 1.07. The van der Waals surface area contributed by atoms with Gasteiger partial charge in [-0.2, -0.15) is 5.11 Å². The molecule has 0 radical (unpaired) electrons. The Labute approximate surface area is 169 Å². The summed E-state index contributed by atoms with van der Waals surface area (Å²) in [6, 6.07) is 10.8. The van der Waals surface area contributed by atoms with Crippen molar-refractivity contribution in [2.75, 3.05) is 11.4 Å². The first-order valence-corrected chi connectivity index (χ1v) is 9.14. The molecule has 3 amide bonds. The Kier molecular flexibility index (Phi) is 4.98. The molecule has 29 heavy (non-hydrogen) atoms. The number of carbonyl (C=O) groups excluding carboxylic acids is 3. The lowest BCUT2D eigenvalue weighted by atomic mass is 10.1. The molecule has 2 aliphatic rings. The van der Waals surface area contributed by atoms with Crippen molar-refractivity contribution >= 4 is 35.0 Å². The second-order valence-electron chi connectivity index (χ2n) is 6.56. The van der Waals surface area contributed by atoms with Crippen LogP contribution in [0.2, 0.25) is 5.02 Å². The smallest absolute Gasteiger partial charge is 0.263 e. The van der Waals surface area contributed by atoms with Crippen molar-refractivity contribution in [3.8, 4) is 0 Å². The maximum atomic E-state index is 13.4. The summed E-state index contributed by atoms with van der Waals surface area (Å²) >= 11 is 5.76. The third-order valence-corrected chi connectivity index (χ3v) is 4.95. The molecule has 2 aromatic carbocycles. The van der Waals surface area contributed by atoms with Gasteiger partial charge in [0.05, 0.1) is 10.7 Å². The number of benzene rings is 2. The average molecular weight is 416 g/mol. The zero-order valence-corrected chi connectivity index (χ0v) is 15.7. The van der Waals surface area contributed by atoms with E-state index in [0.717, 1.165) is 16.5 Å². The fourth-order valence-electron chi connectivity index (χ4n) is 3.23. The van der Waals surface area contributed by atoms with Crippen molar-refractivity contribution in [3.05, 3.63) is 64.9 Å². The summed E-state index contributed by atoms with van der Waals surface area (Å²) in [6.45, 7) is 0.0976. The normalized spacial score (nSPS) is 20.3. The predicted molar refractivity (Wildman–Crippen MR) is 101 cm³/mol. The van der Waals surface area contributed by atoms with Gasteiger partial charge in [0.1, 0.15) is 12.4 Å². The number of hydrogen-bond donors (Lipinski definition) is 1. The number of imide groups is 1. The molecule has 0 saturated carbocycles. The lowest BCUT2D eigenvalue weighted by molar-refractivity contribution is -0.125. The van der Waals surface area contributed by atoms with Gasteiger partial charge in [-0.25, -0.2) is 9.29 Å². The minimum absolute atomic E-state index is 0.143. The van der Waals surface area contributed by atoms with Gasteiger partial charge in [0, 0.05) is 6.54 Å². The lowest BCUT2D eigenvalue weighted by Gasteiger charge is -2.20. The van der Waals surface area contributed by atoms with Gasteiger partial charge in [-0.1, -0.05) is 47.2 Å². The second kappa shape index (κ2) is 7.59. The van der Waals surface area contributed by atoms with Crippen molar-refractivity contribution in [3.63, 3.8) is 0 Å². The lowest BCUT2D eigenvalue weighted by Crippen LogP contribution is -2.44. The van der Waals surface area contributed by atoms with Gasteiger partial charge in [0.15, 0.2) is 12.1 Å². The molecule has 2 aromatic rings. The van der Waals surface area contributed by atoms with Crippen LogP contribution in [0.3, 0.4) is 0 Å². The number of hydrogen-bond acceptors (Lipinski definition) is 6. The molecule has 2 aliphatic heterocycles. The fourth-order valence-corrected chi connectivity index (χ4v) is 3.41. The molecule has 2 heterocycles. The molecule has 0 aliphatic carbocycles. The summed E-state index contributed by atoms with van der Waals surface area (Å²) in [5.74, 6) is -2.22. The highest BCUT2D eigenvalue weighted by Crippen LogP contribution is 2.33. The van der Waals surface area contributed by atoms with Crippen LogP contribution in [-0.4, -0.2) is 41.4 Å². The molecule has 148 valence electrons. The molecule has 1 fully saturated rings. The van der Waals surface area contributed by atoms with Crippen LogP contribution in [0.1, 0.15) is 5.56 Å². The predicted octanol–water partition coefficient (Wildman–Crippen LogP) is 2.09. The zero-order chi connectivity index (χ0) is 20.5. The number of amides is 3. The molecule has 10 heteroatoms. The Morgan fingerprint density at radius 1 is 1.14 bits per heavy atom. The number of nitrogens with one attached hydrogen (secondary N) is 1. The Morgan fingerprint density at radius 2 is 1.90 bits per heavy atom. The van der Waals surface area contributed by atoms with E-state index in [1.807, 2.05) is 30.3 Å². The van der Waals surface area contributed by atoms with Gasteiger partial charge in [0.2, 0.25) is 5.91 Å². The highest BCUT2D eigenvalue weighted by molar-refractivity contribution is 6.32. The van der Waals surface area contributed by atoms with Crippen molar-refractivity contribution in [2.24, 2.45) is 10.3 Å². The maximum Gasteiger partial charge on any atom is 0.263 e. The van der Waals surface area contributed by atoms with Crippen molar-refractivity contribution in [1.82, 2.24) is 10.3 Å². The summed E-state index contributed by atoms with van der Waals surface area (Å²) in [7, 11) is 0. The second-order valence-corrected chi connectivity index (χ2v) is 6.97. The van der Waals surface area contributed by atoms with Crippen LogP contribution in [-0.2, 0) is 20.9 Å². The Balaban J connectivity index is 1.45. The van der Waals surface area contributed by atoms with Crippen LogP contribution in [0.25, 0.3) is 0 Å². The summed E-state index contributed by atoms with van der Waals surface area (Å²) < 4.78 is 13.4. The van der Waals surface area contributed by atoms with Gasteiger partial charge in [-0.3, -0.25) is 19.4 Å². The van der Waals surface area contributed by atoms with E-state index >= 15 is 0 Å². The zero-order valence-electron chi connectivity index (χ0n) is 15.0. The Morgan fingerprint density at radius 3 is 2.62 bits per heavy atom. The van der Waals surface area contributed by atoms with Crippen LogP contribution in [0.15, 0.2) is 58.9 Å².